The molecule has 3 saturated carbocycles. The van der Waals surface area contributed by atoms with Gasteiger partial charge in [0.05, 0.1) is 23.7 Å². The van der Waals surface area contributed by atoms with Crippen molar-refractivity contribution in [2.75, 3.05) is 12.6 Å². The fourth-order valence-electron chi connectivity index (χ4n) is 10.2. The number of benzene rings is 1. The molecule has 7 rings (SSSR count). The number of thioether (sulfide) groups is 1. The highest BCUT2D eigenvalue weighted by atomic mass is 32.2. The maximum atomic E-state index is 13.4. The molecule has 2 heterocycles. The molecule has 0 radical (unpaired) electrons. The number of primary amides is 1. The van der Waals surface area contributed by atoms with Crippen LogP contribution < -0.4 is 5.73 Å². The molecule has 8 atom stereocenters. The van der Waals surface area contributed by atoms with E-state index in [1.807, 2.05) is 29.1 Å². The van der Waals surface area contributed by atoms with E-state index in [1.165, 1.54) is 5.57 Å². The number of aliphatic hydroxyl groups excluding tert-OH is 1. The van der Waals surface area contributed by atoms with Crippen molar-refractivity contribution < 1.29 is 23.9 Å². The number of carbonyl (C=O) groups excluding carboxylic acids is 3. The smallest absolute Gasteiger partial charge is 0.254 e. The third-order valence-electron chi connectivity index (χ3n) is 12.1. The van der Waals surface area contributed by atoms with Crippen LogP contribution in [0.2, 0.25) is 0 Å². The Morgan fingerprint density at radius 1 is 1.18 bits per heavy atom. The number of fused-ring (bicyclic) bond motifs is 6. The lowest BCUT2D eigenvalue weighted by Gasteiger charge is -2.59. The Balaban J connectivity index is 1.17. The molecule has 2 amide bonds. The first-order valence-electron chi connectivity index (χ1n) is 16.0. The van der Waals surface area contributed by atoms with E-state index in [9.17, 15) is 23.9 Å². The average molecular weight is 621 g/mol. The number of nitrogens with two attached hydrogens (primary N) is 1. The number of rotatable bonds is 5. The molecule has 7 unspecified atom stereocenters. The summed E-state index contributed by atoms with van der Waals surface area (Å²) in [4.78, 5) is 39.7. The van der Waals surface area contributed by atoms with Gasteiger partial charge in [-0.15, -0.1) is 0 Å². The lowest BCUT2D eigenvalue weighted by molar-refractivity contribution is -0.136. The highest BCUT2D eigenvalue weighted by Crippen LogP contribution is 2.67. The molecule has 1 saturated heterocycles. The van der Waals surface area contributed by atoms with Gasteiger partial charge in [-0.1, -0.05) is 37.2 Å². The maximum Gasteiger partial charge on any atom is 0.254 e. The van der Waals surface area contributed by atoms with E-state index in [2.05, 4.69) is 19.9 Å². The van der Waals surface area contributed by atoms with Gasteiger partial charge in [-0.05, 0) is 110 Å². The molecule has 5 aliphatic rings. The first-order valence-corrected chi connectivity index (χ1v) is 16.9. The van der Waals surface area contributed by atoms with Gasteiger partial charge in [0, 0.05) is 18.0 Å². The minimum absolute atomic E-state index is 0.0561. The van der Waals surface area contributed by atoms with E-state index < -0.39 is 24.1 Å². The molecule has 4 aliphatic carbocycles. The summed E-state index contributed by atoms with van der Waals surface area (Å²) >= 11 is 0.788. The summed E-state index contributed by atoms with van der Waals surface area (Å²) in [7, 11) is 0. The Morgan fingerprint density at radius 2 is 2.00 bits per heavy atom. The molecule has 234 valence electrons. The zero-order valence-electron chi connectivity index (χ0n) is 25.4. The third-order valence-corrected chi connectivity index (χ3v) is 12.8. The lowest BCUT2D eigenvalue weighted by Crippen LogP contribution is -2.57. The van der Waals surface area contributed by atoms with Crippen LogP contribution >= 0.6 is 11.8 Å². The van der Waals surface area contributed by atoms with E-state index in [0.29, 0.717) is 36.8 Å². The zero-order valence-corrected chi connectivity index (χ0v) is 26.2. The maximum absolute atomic E-state index is 13.4. The molecule has 0 spiro atoms. The molecule has 4 fully saturated rings. The van der Waals surface area contributed by atoms with Crippen LogP contribution in [0.5, 0.6) is 0 Å². The van der Waals surface area contributed by atoms with Gasteiger partial charge in [-0.2, -0.15) is 5.10 Å². The Kier molecular flexibility index (Phi) is 7.31. The van der Waals surface area contributed by atoms with Crippen LogP contribution in [0.25, 0.3) is 11.8 Å². The first-order chi connectivity index (χ1) is 21.1. The molecular formula is C34H41FN4O4S. The average Bonchev–Trinajstić information content (AvgIpc) is 3.72. The molecule has 1 aromatic carbocycles. The van der Waals surface area contributed by atoms with Gasteiger partial charge < -0.3 is 15.7 Å². The molecule has 44 heavy (non-hydrogen) atoms. The monoisotopic (exact) mass is 620 g/mol. The number of hydrogen-bond donors (Lipinski definition) is 2. The summed E-state index contributed by atoms with van der Waals surface area (Å²) in [6.07, 6.45) is 9.93. The predicted molar refractivity (Wildman–Crippen MR) is 166 cm³/mol. The summed E-state index contributed by atoms with van der Waals surface area (Å²) in [5, 5.41) is 16.5. The van der Waals surface area contributed by atoms with Crippen LogP contribution in [-0.4, -0.2) is 61.4 Å². The Labute approximate surface area is 261 Å². The summed E-state index contributed by atoms with van der Waals surface area (Å²) in [5.41, 5.74) is 9.76. The molecular weight excluding hydrogens is 579 g/mol. The number of amides is 2. The molecule has 3 N–H and O–H groups in total. The number of carbonyl (C=O) groups is 3. The highest BCUT2D eigenvalue weighted by Gasteiger charge is 2.63. The van der Waals surface area contributed by atoms with Crippen molar-refractivity contribution in [1.82, 2.24) is 14.7 Å². The lowest BCUT2D eigenvalue weighted by atomic mass is 9.46. The van der Waals surface area contributed by atoms with E-state index in [1.54, 1.807) is 11.0 Å². The Morgan fingerprint density at radius 3 is 2.77 bits per heavy atom. The van der Waals surface area contributed by atoms with Crippen LogP contribution in [0.15, 0.2) is 36.0 Å². The first kappa shape index (κ1) is 29.7. The minimum atomic E-state index is -0.693. The van der Waals surface area contributed by atoms with Gasteiger partial charge in [0.2, 0.25) is 5.91 Å². The van der Waals surface area contributed by atoms with E-state index in [-0.39, 0.29) is 33.7 Å². The van der Waals surface area contributed by atoms with E-state index in [4.69, 9.17) is 10.8 Å². The van der Waals surface area contributed by atoms with Crippen LogP contribution in [0, 0.1) is 34.5 Å². The fourth-order valence-corrected chi connectivity index (χ4v) is 10.9. The van der Waals surface area contributed by atoms with Crippen molar-refractivity contribution in [3.63, 3.8) is 0 Å². The Bertz CT molecular complexity index is 1560. The number of aliphatic hydroxyl groups is 1. The highest BCUT2D eigenvalue weighted by molar-refractivity contribution is 8.13. The number of alkyl halides is 1. The van der Waals surface area contributed by atoms with Crippen molar-refractivity contribution in [2.24, 2.45) is 40.2 Å². The topological polar surface area (TPSA) is 119 Å². The van der Waals surface area contributed by atoms with Crippen molar-refractivity contribution in [3.8, 4) is 5.69 Å². The fraction of sp³-hybridized carbons (Fsp3) is 0.588. The summed E-state index contributed by atoms with van der Waals surface area (Å²) < 4.78 is 15.0. The number of likely N-dealkylation sites (tertiary alicyclic amines) is 1. The quantitative estimate of drug-likeness (QED) is 0.490. The van der Waals surface area contributed by atoms with Crippen LogP contribution in [0.1, 0.15) is 80.4 Å². The van der Waals surface area contributed by atoms with Gasteiger partial charge in [0.15, 0.2) is 5.12 Å². The number of aromatic nitrogens is 2. The molecule has 1 aromatic heterocycles. The number of halogens is 1. The molecule has 10 heteroatoms. The third kappa shape index (κ3) is 4.42. The van der Waals surface area contributed by atoms with Crippen molar-refractivity contribution in [3.05, 3.63) is 52.9 Å². The van der Waals surface area contributed by atoms with Crippen molar-refractivity contribution in [1.29, 1.82) is 0 Å². The normalized spacial score (nSPS) is 35.7. The van der Waals surface area contributed by atoms with Crippen molar-refractivity contribution in [2.45, 2.75) is 77.4 Å². The van der Waals surface area contributed by atoms with Crippen LogP contribution in [0.4, 0.5) is 4.39 Å². The van der Waals surface area contributed by atoms with Gasteiger partial charge in [-0.3, -0.25) is 14.4 Å². The second kappa shape index (κ2) is 10.8. The Hall–Kier alpha value is -2.98. The SMILES string of the molecule is CC12Cc3cnn(-c4cccc(C(=O)N5CCC[C@@H]5C(N)=O)c4)c3C=C1CCC1C2C(O)CC2(C)C(C(=O)SCF)CCC12. The molecule has 1 aliphatic heterocycles. The minimum Gasteiger partial charge on any atom is -0.393 e. The molecule has 0 bridgehead atoms. The van der Waals surface area contributed by atoms with Crippen LogP contribution in [0.3, 0.4) is 0 Å². The summed E-state index contributed by atoms with van der Waals surface area (Å²) in [6, 6.07) is 6.12. The standard InChI is InChI=1S/C34H41FN4O4S/c1-33-15-20-17-37-39(22-6-3-5-19(13-22)31(42)38-12-4-7-26(38)30(36)41)27(20)14-21(33)8-9-23-24-10-11-25(32(43)44-18-35)34(24,2)16-28(40)29(23)33/h3,5-6,13-14,17,23-26,28-29,40H,4,7-12,15-16,18H2,1-2H3,(H2,36,41)/t23?,24?,25?,26-,28?,29?,33?,34?/m1/s1. The zero-order chi connectivity index (χ0) is 31.0. The van der Waals surface area contributed by atoms with Gasteiger partial charge in [0.25, 0.3) is 5.91 Å². The number of allylic oxidation sites excluding steroid dienone is 1. The van der Waals surface area contributed by atoms with Crippen molar-refractivity contribution >= 4 is 34.8 Å². The van der Waals surface area contributed by atoms with Gasteiger partial charge in [0.1, 0.15) is 12.0 Å². The second-order valence-corrected chi connectivity index (χ2v) is 15.1. The molecule has 8 nitrogen and oxygen atoms in total. The van der Waals surface area contributed by atoms with Gasteiger partial charge in [-0.25, -0.2) is 9.07 Å². The van der Waals surface area contributed by atoms with Gasteiger partial charge >= 0.3 is 0 Å². The van der Waals surface area contributed by atoms with Crippen LogP contribution in [-0.2, 0) is 16.0 Å². The number of nitrogens with zero attached hydrogens (tertiary/aromatic N) is 3. The predicted octanol–water partition coefficient (Wildman–Crippen LogP) is 4.92. The molecule has 2 aromatic rings. The largest absolute Gasteiger partial charge is 0.393 e. The second-order valence-electron chi connectivity index (χ2n) is 14.2. The van der Waals surface area contributed by atoms with E-state index >= 15 is 0 Å². The summed E-state index contributed by atoms with van der Waals surface area (Å²) in [6.45, 7) is 4.97. The van der Waals surface area contributed by atoms with E-state index in [0.717, 1.165) is 67.2 Å². The summed E-state index contributed by atoms with van der Waals surface area (Å²) in [5.74, 6) is -0.122. The number of hydrogen-bond acceptors (Lipinski definition) is 6.